The summed E-state index contributed by atoms with van der Waals surface area (Å²) < 4.78 is 18.0. The van der Waals surface area contributed by atoms with Gasteiger partial charge in [0.2, 0.25) is 5.89 Å². The van der Waals surface area contributed by atoms with Gasteiger partial charge in [-0.25, -0.2) is 9.78 Å². The van der Waals surface area contributed by atoms with Crippen molar-refractivity contribution in [1.82, 2.24) is 4.98 Å². The highest BCUT2D eigenvalue weighted by atomic mass is 16.5. The van der Waals surface area contributed by atoms with Crippen molar-refractivity contribution in [2.24, 2.45) is 11.8 Å². The summed E-state index contributed by atoms with van der Waals surface area (Å²) >= 11 is 0. The number of nitrogens with zero attached hydrogens (tertiary/aromatic N) is 1. The molecule has 6 nitrogen and oxygen atoms in total. The third-order valence-electron chi connectivity index (χ3n) is 6.68. The smallest absolute Gasteiger partial charge is 0.335 e. The van der Waals surface area contributed by atoms with Crippen LogP contribution in [0, 0.1) is 25.7 Å². The number of carboxylic acid groups (broad SMARTS) is 1. The van der Waals surface area contributed by atoms with Crippen LogP contribution in [0.15, 0.2) is 22.6 Å². The molecule has 0 amide bonds. The van der Waals surface area contributed by atoms with Crippen LogP contribution in [0.2, 0.25) is 0 Å². The van der Waals surface area contributed by atoms with E-state index in [1.807, 2.05) is 0 Å². The third kappa shape index (κ3) is 6.67. The fourth-order valence-corrected chi connectivity index (χ4v) is 4.33. The Labute approximate surface area is 197 Å². The maximum Gasteiger partial charge on any atom is 0.335 e. The van der Waals surface area contributed by atoms with Gasteiger partial charge in [0, 0.05) is 18.1 Å². The van der Waals surface area contributed by atoms with Crippen LogP contribution >= 0.6 is 0 Å². The topological polar surface area (TPSA) is 81.8 Å². The number of hydrogen-bond donors (Lipinski definition) is 1. The molecule has 2 atom stereocenters. The zero-order valence-electron chi connectivity index (χ0n) is 20.9. The maximum absolute atomic E-state index is 11.3. The van der Waals surface area contributed by atoms with Crippen molar-refractivity contribution in [2.75, 3.05) is 13.2 Å². The van der Waals surface area contributed by atoms with Crippen molar-refractivity contribution in [3.63, 3.8) is 0 Å². The molecule has 0 saturated heterocycles. The van der Waals surface area contributed by atoms with E-state index >= 15 is 0 Å². The molecular formula is C27H39NO5. The fraction of sp³-hybridized carbons (Fsp3) is 0.630. The van der Waals surface area contributed by atoms with Crippen LogP contribution in [0.1, 0.15) is 81.9 Å². The Kier molecular flexibility index (Phi) is 8.35. The minimum absolute atomic E-state index is 0.227. The molecular weight excluding hydrogens is 418 g/mol. The van der Waals surface area contributed by atoms with Crippen molar-refractivity contribution in [2.45, 2.75) is 85.4 Å². The largest absolute Gasteiger partial charge is 0.479 e. The van der Waals surface area contributed by atoms with Crippen LogP contribution in [0.5, 0.6) is 0 Å². The second-order valence-corrected chi connectivity index (χ2v) is 10.3. The number of ether oxygens (including phenoxy) is 2. The third-order valence-corrected chi connectivity index (χ3v) is 6.68. The Morgan fingerprint density at radius 1 is 1.18 bits per heavy atom. The standard InChI is InChI=1S/C27H39NO5/c1-17(2)24-23(28-25(33-24)22-11-10-18(3)19(4)12-22)16-31-14-20-8-7-9-21(13-20)15-32-27(5,6)26(29)30/h10-12,17,20-21H,7-9,13-16H2,1-6H3,(H,29,30)/t20-,21?/m0/s1. The molecule has 1 unspecified atom stereocenters. The molecule has 1 aliphatic carbocycles. The minimum atomic E-state index is -1.14. The molecule has 1 N–H and O–H groups in total. The second-order valence-electron chi connectivity index (χ2n) is 10.3. The summed E-state index contributed by atoms with van der Waals surface area (Å²) in [5.74, 6) is 1.66. The van der Waals surface area contributed by atoms with E-state index in [2.05, 4.69) is 45.9 Å². The van der Waals surface area contributed by atoms with Crippen LogP contribution in [0.3, 0.4) is 0 Å². The summed E-state index contributed by atoms with van der Waals surface area (Å²) in [5, 5.41) is 9.25. The summed E-state index contributed by atoms with van der Waals surface area (Å²) in [6, 6.07) is 6.27. The zero-order valence-corrected chi connectivity index (χ0v) is 20.9. The molecule has 33 heavy (non-hydrogen) atoms. The first-order valence-corrected chi connectivity index (χ1v) is 12.1. The maximum atomic E-state index is 11.3. The highest BCUT2D eigenvalue weighted by Gasteiger charge is 2.31. The van der Waals surface area contributed by atoms with Gasteiger partial charge in [0.15, 0.2) is 5.60 Å². The Morgan fingerprint density at radius 2 is 1.88 bits per heavy atom. The summed E-state index contributed by atoms with van der Waals surface area (Å²) in [6.45, 7) is 13.2. The molecule has 2 aromatic rings. The van der Waals surface area contributed by atoms with E-state index in [-0.39, 0.29) is 5.92 Å². The molecule has 0 aliphatic heterocycles. The molecule has 1 fully saturated rings. The van der Waals surface area contributed by atoms with Gasteiger partial charge in [-0.2, -0.15) is 0 Å². The fourth-order valence-electron chi connectivity index (χ4n) is 4.33. The zero-order chi connectivity index (χ0) is 24.2. The van der Waals surface area contributed by atoms with Crippen molar-refractivity contribution in [3.8, 4) is 11.5 Å². The molecule has 1 aromatic heterocycles. The SMILES string of the molecule is Cc1ccc(-c2nc(COC[C@H]3CCCC(COC(C)(C)C(=O)O)C3)c(C(C)C)o2)cc1C. The van der Waals surface area contributed by atoms with Crippen molar-refractivity contribution >= 4 is 5.97 Å². The van der Waals surface area contributed by atoms with Crippen molar-refractivity contribution in [3.05, 3.63) is 40.8 Å². The number of carbonyl (C=O) groups is 1. The average Bonchev–Trinajstić information content (AvgIpc) is 3.19. The van der Waals surface area contributed by atoms with E-state index in [9.17, 15) is 9.90 Å². The summed E-state index contributed by atoms with van der Waals surface area (Å²) in [5.41, 5.74) is 3.19. The Hall–Kier alpha value is -2.18. The molecule has 0 radical (unpaired) electrons. The number of hydrogen-bond acceptors (Lipinski definition) is 5. The Bertz CT molecular complexity index is 946. The summed E-state index contributed by atoms with van der Waals surface area (Å²) in [6.07, 6.45) is 4.32. The number of aromatic nitrogens is 1. The Balaban J connectivity index is 1.56. The lowest BCUT2D eigenvalue weighted by atomic mass is 9.82. The van der Waals surface area contributed by atoms with E-state index < -0.39 is 11.6 Å². The first-order valence-electron chi connectivity index (χ1n) is 12.1. The van der Waals surface area contributed by atoms with Gasteiger partial charge in [0.1, 0.15) is 11.5 Å². The monoisotopic (exact) mass is 457 g/mol. The van der Waals surface area contributed by atoms with Gasteiger partial charge in [-0.1, -0.05) is 26.3 Å². The van der Waals surface area contributed by atoms with Crippen molar-refractivity contribution in [1.29, 1.82) is 0 Å². The van der Waals surface area contributed by atoms with Gasteiger partial charge in [-0.3, -0.25) is 0 Å². The van der Waals surface area contributed by atoms with Gasteiger partial charge in [0.25, 0.3) is 0 Å². The van der Waals surface area contributed by atoms with Gasteiger partial charge < -0.3 is 19.0 Å². The van der Waals surface area contributed by atoms with Crippen molar-refractivity contribution < 1.29 is 23.8 Å². The highest BCUT2D eigenvalue weighted by Crippen LogP contribution is 2.32. The molecule has 182 valence electrons. The van der Waals surface area contributed by atoms with E-state index in [1.54, 1.807) is 13.8 Å². The number of rotatable bonds is 10. The first kappa shape index (κ1) is 25.4. The highest BCUT2D eigenvalue weighted by molar-refractivity contribution is 5.76. The minimum Gasteiger partial charge on any atom is -0.479 e. The predicted molar refractivity (Wildman–Crippen MR) is 128 cm³/mol. The second kappa shape index (κ2) is 10.8. The normalized spacial score (nSPS) is 19.2. The van der Waals surface area contributed by atoms with Crippen LogP contribution in [0.4, 0.5) is 0 Å². The number of aryl methyl sites for hydroxylation is 2. The average molecular weight is 458 g/mol. The van der Waals surface area contributed by atoms with Crippen LogP contribution < -0.4 is 0 Å². The quantitative estimate of drug-likeness (QED) is 0.452. The number of oxazole rings is 1. The molecule has 0 spiro atoms. The van der Waals surface area contributed by atoms with E-state index in [0.29, 0.717) is 37.5 Å². The lowest BCUT2D eigenvalue weighted by Gasteiger charge is -2.31. The summed E-state index contributed by atoms with van der Waals surface area (Å²) in [4.78, 5) is 16.1. The van der Waals surface area contributed by atoms with Gasteiger partial charge in [-0.05, 0) is 82.1 Å². The molecule has 1 aromatic carbocycles. The van der Waals surface area contributed by atoms with Crippen LogP contribution in [-0.4, -0.2) is 34.9 Å². The molecule has 0 bridgehead atoms. The number of benzene rings is 1. The van der Waals surface area contributed by atoms with E-state index in [4.69, 9.17) is 18.9 Å². The molecule has 3 rings (SSSR count). The van der Waals surface area contributed by atoms with E-state index in [0.717, 1.165) is 42.7 Å². The van der Waals surface area contributed by atoms with Gasteiger partial charge in [-0.15, -0.1) is 0 Å². The lowest BCUT2D eigenvalue weighted by Crippen LogP contribution is -2.37. The number of aliphatic carboxylic acids is 1. The van der Waals surface area contributed by atoms with E-state index in [1.165, 1.54) is 11.1 Å². The molecule has 1 heterocycles. The van der Waals surface area contributed by atoms with Crippen LogP contribution in [-0.2, 0) is 20.9 Å². The molecule has 1 aliphatic rings. The molecule has 6 heteroatoms. The first-order chi connectivity index (χ1) is 15.6. The molecule has 1 saturated carbocycles. The van der Waals surface area contributed by atoms with Gasteiger partial charge in [0.05, 0.1) is 13.2 Å². The van der Waals surface area contributed by atoms with Gasteiger partial charge >= 0.3 is 5.97 Å². The predicted octanol–water partition coefficient (Wildman–Crippen LogP) is 6.28. The Morgan fingerprint density at radius 3 is 2.52 bits per heavy atom. The number of carboxylic acids is 1. The summed E-state index contributed by atoms with van der Waals surface area (Å²) in [7, 11) is 0. The lowest BCUT2D eigenvalue weighted by molar-refractivity contribution is -0.163. The van der Waals surface area contributed by atoms with Crippen LogP contribution in [0.25, 0.3) is 11.5 Å².